The van der Waals surface area contributed by atoms with Crippen molar-refractivity contribution < 1.29 is 17.9 Å². The van der Waals surface area contributed by atoms with Crippen LogP contribution >= 0.6 is 0 Å². The van der Waals surface area contributed by atoms with E-state index < -0.39 is 11.7 Å². The van der Waals surface area contributed by atoms with Crippen molar-refractivity contribution in [3.8, 4) is 5.75 Å². The second-order valence-electron chi connectivity index (χ2n) is 5.42. The van der Waals surface area contributed by atoms with E-state index in [1.165, 1.54) is 13.2 Å². The molecule has 3 aromatic rings. The quantitative estimate of drug-likeness (QED) is 0.705. The summed E-state index contributed by atoms with van der Waals surface area (Å²) in [6.07, 6.45) is -2.76. The van der Waals surface area contributed by atoms with E-state index in [2.05, 4.69) is 10.3 Å². The van der Waals surface area contributed by atoms with Crippen LogP contribution in [0.15, 0.2) is 48.7 Å². The summed E-state index contributed by atoms with van der Waals surface area (Å²) in [6, 6.07) is 11.0. The minimum Gasteiger partial charge on any atom is -0.495 e. The van der Waals surface area contributed by atoms with Crippen LogP contribution in [0.2, 0.25) is 0 Å². The zero-order valence-electron chi connectivity index (χ0n) is 13.1. The molecule has 0 aliphatic carbocycles. The molecule has 0 spiro atoms. The molecule has 6 heteroatoms. The lowest BCUT2D eigenvalue weighted by atomic mass is 10.1. The zero-order chi connectivity index (χ0) is 17.3. The molecule has 0 aliphatic heterocycles. The first kappa shape index (κ1) is 16.1. The van der Waals surface area contributed by atoms with Gasteiger partial charge in [-0.05, 0) is 42.8 Å². The number of methoxy groups -OCH3 is 1. The molecule has 0 unspecified atom stereocenters. The van der Waals surface area contributed by atoms with Crippen molar-refractivity contribution >= 4 is 22.3 Å². The fraction of sp³-hybridized carbons (Fsp3) is 0.167. The number of aryl methyl sites for hydroxylation is 1. The fourth-order valence-electron chi connectivity index (χ4n) is 2.48. The molecule has 0 bridgehead atoms. The van der Waals surface area contributed by atoms with Gasteiger partial charge in [-0.3, -0.25) is 4.98 Å². The first-order chi connectivity index (χ1) is 11.4. The number of alkyl halides is 3. The zero-order valence-corrected chi connectivity index (χ0v) is 13.1. The number of halogens is 3. The van der Waals surface area contributed by atoms with Gasteiger partial charge >= 0.3 is 6.18 Å². The Balaban J connectivity index is 2.03. The minimum atomic E-state index is -4.41. The molecule has 2 aromatic carbocycles. The molecule has 3 rings (SSSR count). The van der Waals surface area contributed by atoms with E-state index in [-0.39, 0.29) is 5.75 Å². The number of nitrogens with zero attached hydrogens (tertiary/aromatic N) is 1. The van der Waals surface area contributed by atoms with Crippen LogP contribution in [0.3, 0.4) is 0 Å². The van der Waals surface area contributed by atoms with Gasteiger partial charge < -0.3 is 10.1 Å². The molecule has 0 aliphatic rings. The van der Waals surface area contributed by atoms with E-state index in [9.17, 15) is 13.2 Å². The lowest BCUT2D eigenvalue weighted by molar-refractivity contribution is -0.137. The molecule has 0 fully saturated rings. The Labute approximate surface area is 137 Å². The summed E-state index contributed by atoms with van der Waals surface area (Å²) in [7, 11) is 1.34. The Morgan fingerprint density at radius 1 is 1.00 bits per heavy atom. The van der Waals surface area contributed by atoms with Crippen LogP contribution in [0.4, 0.5) is 24.5 Å². The Bertz CT molecular complexity index is 891. The predicted molar refractivity (Wildman–Crippen MR) is 87.8 cm³/mol. The van der Waals surface area contributed by atoms with Gasteiger partial charge in [-0.1, -0.05) is 12.1 Å². The van der Waals surface area contributed by atoms with Crippen molar-refractivity contribution in [2.75, 3.05) is 12.4 Å². The summed E-state index contributed by atoms with van der Waals surface area (Å²) in [5.41, 5.74) is 2.35. The average molecular weight is 332 g/mol. The second-order valence-corrected chi connectivity index (χ2v) is 5.42. The van der Waals surface area contributed by atoms with E-state index in [4.69, 9.17) is 4.74 Å². The molecule has 0 radical (unpaired) electrons. The largest absolute Gasteiger partial charge is 0.495 e. The van der Waals surface area contributed by atoms with Crippen molar-refractivity contribution in [1.29, 1.82) is 0 Å². The summed E-state index contributed by atoms with van der Waals surface area (Å²) in [6.45, 7) is 1.97. The number of hydrogen-bond acceptors (Lipinski definition) is 3. The highest BCUT2D eigenvalue weighted by Crippen LogP contribution is 2.37. The van der Waals surface area contributed by atoms with E-state index in [0.717, 1.165) is 34.3 Å². The van der Waals surface area contributed by atoms with Gasteiger partial charge in [0.1, 0.15) is 5.75 Å². The first-order valence-corrected chi connectivity index (χ1v) is 7.26. The van der Waals surface area contributed by atoms with Gasteiger partial charge in [0.05, 0.1) is 23.9 Å². The number of fused-ring (bicyclic) bond motifs is 1. The minimum absolute atomic E-state index is 0.127. The van der Waals surface area contributed by atoms with Crippen LogP contribution < -0.4 is 10.1 Å². The molecular weight excluding hydrogens is 317 g/mol. The normalized spacial score (nSPS) is 11.5. The number of nitrogens with one attached hydrogen (secondary N) is 1. The van der Waals surface area contributed by atoms with Gasteiger partial charge in [-0.25, -0.2) is 0 Å². The van der Waals surface area contributed by atoms with Gasteiger partial charge in [-0.2, -0.15) is 13.2 Å². The first-order valence-electron chi connectivity index (χ1n) is 7.26. The molecular formula is C18H15F3N2O. The molecule has 1 aromatic heterocycles. The van der Waals surface area contributed by atoms with Crippen molar-refractivity contribution in [3.63, 3.8) is 0 Å². The van der Waals surface area contributed by atoms with Crippen LogP contribution in [0.25, 0.3) is 10.9 Å². The number of pyridine rings is 1. The molecule has 0 saturated carbocycles. The summed E-state index contributed by atoms with van der Waals surface area (Å²) < 4.78 is 43.6. The van der Waals surface area contributed by atoms with Gasteiger partial charge in [0.25, 0.3) is 0 Å². The molecule has 3 nitrogen and oxygen atoms in total. The predicted octanol–water partition coefficient (Wildman–Crippen LogP) is 5.31. The Morgan fingerprint density at radius 2 is 1.79 bits per heavy atom. The number of anilines is 2. The molecule has 0 amide bonds. The van der Waals surface area contributed by atoms with Crippen molar-refractivity contribution in [2.24, 2.45) is 0 Å². The summed E-state index contributed by atoms with van der Waals surface area (Å²) in [5.74, 6) is 0.127. The maximum Gasteiger partial charge on any atom is 0.416 e. The molecule has 1 heterocycles. The average Bonchev–Trinajstić information content (AvgIpc) is 2.54. The van der Waals surface area contributed by atoms with E-state index >= 15 is 0 Å². The lowest BCUT2D eigenvalue weighted by Crippen LogP contribution is -2.06. The van der Waals surface area contributed by atoms with E-state index in [0.29, 0.717) is 5.69 Å². The Kier molecular flexibility index (Phi) is 4.05. The third kappa shape index (κ3) is 3.13. The van der Waals surface area contributed by atoms with Gasteiger partial charge in [0.2, 0.25) is 0 Å². The molecule has 0 atom stereocenters. The Morgan fingerprint density at radius 3 is 2.50 bits per heavy atom. The van der Waals surface area contributed by atoms with Crippen molar-refractivity contribution in [3.05, 3.63) is 59.8 Å². The van der Waals surface area contributed by atoms with E-state index in [1.807, 2.05) is 25.1 Å². The number of ether oxygens (including phenoxy) is 1. The van der Waals surface area contributed by atoms with Gasteiger partial charge in [-0.15, -0.1) is 0 Å². The van der Waals surface area contributed by atoms with E-state index in [1.54, 1.807) is 12.3 Å². The summed E-state index contributed by atoms with van der Waals surface area (Å²) >= 11 is 0. The van der Waals surface area contributed by atoms with Crippen LogP contribution in [0.1, 0.15) is 11.1 Å². The van der Waals surface area contributed by atoms with Crippen molar-refractivity contribution in [2.45, 2.75) is 13.1 Å². The fourth-order valence-corrected chi connectivity index (χ4v) is 2.48. The van der Waals surface area contributed by atoms with Gasteiger partial charge in [0, 0.05) is 17.3 Å². The molecule has 124 valence electrons. The highest BCUT2D eigenvalue weighted by atomic mass is 19.4. The maximum absolute atomic E-state index is 12.8. The SMILES string of the molecule is COc1cc(C(F)(F)F)ccc1Nc1ccnc2cc(C)ccc12. The summed E-state index contributed by atoms with van der Waals surface area (Å²) in [5, 5.41) is 4.01. The molecule has 1 N–H and O–H groups in total. The third-order valence-electron chi connectivity index (χ3n) is 3.70. The third-order valence-corrected chi connectivity index (χ3v) is 3.70. The smallest absolute Gasteiger partial charge is 0.416 e. The lowest BCUT2D eigenvalue weighted by Gasteiger charge is -2.15. The standard InChI is InChI=1S/C18H15F3N2O/c1-11-3-5-13-14(7-8-22-16(13)9-11)23-15-6-4-12(18(19,20)21)10-17(15)24-2/h3-10H,1-2H3,(H,22,23). The molecule has 0 saturated heterocycles. The van der Waals surface area contributed by atoms with Crippen molar-refractivity contribution in [1.82, 2.24) is 4.98 Å². The monoisotopic (exact) mass is 332 g/mol. The number of aromatic nitrogens is 1. The number of benzene rings is 2. The van der Waals surface area contributed by atoms with Gasteiger partial charge in [0.15, 0.2) is 0 Å². The van der Waals surface area contributed by atoms with Crippen LogP contribution in [0.5, 0.6) is 5.75 Å². The number of rotatable bonds is 3. The van der Waals surface area contributed by atoms with Crippen LogP contribution in [-0.2, 0) is 6.18 Å². The topological polar surface area (TPSA) is 34.1 Å². The molecule has 24 heavy (non-hydrogen) atoms. The highest BCUT2D eigenvalue weighted by molar-refractivity contribution is 5.93. The summed E-state index contributed by atoms with van der Waals surface area (Å²) in [4.78, 5) is 4.31. The maximum atomic E-state index is 12.8. The van der Waals surface area contributed by atoms with Crippen LogP contribution in [0, 0.1) is 6.92 Å². The second kappa shape index (κ2) is 6.03. The van der Waals surface area contributed by atoms with Crippen LogP contribution in [-0.4, -0.2) is 12.1 Å². The number of hydrogen-bond donors (Lipinski definition) is 1. The Hall–Kier alpha value is -2.76. The highest BCUT2D eigenvalue weighted by Gasteiger charge is 2.31.